The van der Waals surface area contributed by atoms with Crippen molar-refractivity contribution in [3.8, 4) is 17.5 Å². The molecule has 31 heavy (non-hydrogen) atoms. The van der Waals surface area contributed by atoms with Crippen molar-refractivity contribution >= 4 is 28.8 Å². The number of hydrogen-bond donors (Lipinski definition) is 1. The molecule has 9 nitrogen and oxygen atoms in total. The van der Waals surface area contributed by atoms with E-state index in [2.05, 4.69) is 30.6 Å². The van der Waals surface area contributed by atoms with E-state index in [1.54, 1.807) is 24.0 Å². The number of para-hydroxylation sites is 2. The second-order valence-electron chi connectivity index (χ2n) is 6.47. The lowest BCUT2D eigenvalue weighted by Crippen LogP contribution is -2.02. The monoisotopic (exact) mass is 411 g/mol. The Kier molecular flexibility index (Phi) is 4.82. The molecule has 0 saturated heterocycles. The number of anilines is 1. The molecule has 1 N–H and O–H groups in total. The number of hydrazone groups is 1. The van der Waals surface area contributed by atoms with Crippen LogP contribution in [0.5, 0.6) is 17.5 Å². The number of rotatable bonds is 6. The summed E-state index contributed by atoms with van der Waals surface area (Å²) in [5.41, 5.74) is 4.40. The Balaban J connectivity index is 1.51. The van der Waals surface area contributed by atoms with Gasteiger partial charge in [-0.05, 0) is 36.4 Å². The van der Waals surface area contributed by atoms with Gasteiger partial charge in [-0.2, -0.15) is 19.6 Å². The van der Waals surface area contributed by atoms with Gasteiger partial charge in [0.2, 0.25) is 0 Å². The number of hydrogen-bond acceptors (Lipinski definition) is 8. The van der Waals surface area contributed by atoms with Crippen LogP contribution in [0, 0.1) is 0 Å². The fourth-order valence-corrected chi connectivity index (χ4v) is 3.07. The van der Waals surface area contributed by atoms with Crippen LogP contribution in [0.2, 0.25) is 0 Å². The van der Waals surface area contributed by atoms with E-state index in [1.165, 1.54) is 0 Å². The molecule has 0 unspecified atom stereocenters. The summed E-state index contributed by atoms with van der Waals surface area (Å²) in [7, 11) is 1.62. The predicted molar refractivity (Wildman–Crippen MR) is 117 cm³/mol. The van der Waals surface area contributed by atoms with Crippen molar-refractivity contribution in [2.45, 2.75) is 0 Å². The molecule has 0 amide bonds. The summed E-state index contributed by atoms with van der Waals surface area (Å²) in [5, 5.41) is 9.46. The summed E-state index contributed by atoms with van der Waals surface area (Å²) in [6, 6.07) is 20.8. The molecule has 0 saturated carbocycles. The first-order valence-electron chi connectivity index (χ1n) is 9.48. The van der Waals surface area contributed by atoms with E-state index >= 15 is 0 Å². The molecular weight excluding hydrogens is 394 g/mol. The summed E-state index contributed by atoms with van der Waals surface area (Å²) in [6.07, 6.45) is 3.35. The van der Waals surface area contributed by atoms with E-state index in [-0.39, 0.29) is 6.01 Å². The molecule has 3 heterocycles. The van der Waals surface area contributed by atoms with Crippen LogP contribution < -0.4 is 14.9 Å². The maximum Gasteiger partial charge on any atom is 0.343 e. The first kappa shape index (κ1) is 18.5. The maximum absolute atomic E-state index is 5.74. The van der Waals surface area contributed by atoms with Gasteiger partial charge in [0.25, 0.3) is 5.78 Å². The third-order valence-electron chi connectivity index (χ3n) is 4.49. The molecule has 0 spiro atoms. The highest BCUT2D eigenvalue weighted by atomic mass is 16.5. The van der Waals surface area contributed by atoms with Crippen molar-refractivity contribution in [3.05, 3.63) is 78.5 Å². The number of pyridine rings is 1. The van der Waals surface area contributed by atoms with Crippen molar-refractivity contribution in [3.63, 3.8) is 0 Å². The topological polar surface area (TPSA) is 98.8 Å². The zero-order valence-electron chi connectivity index (χ0n) is 16.5. The highest BCUT2D eigenvalue weighted by Crippen LogP contribution is 2.24. The van der Waals surface area contributed by atoms with Crippen LogP contribution in [0.25, 0.3) is 16.8 Å². The second kappa shape index (κ2) is 8.07. The van der Waals surface area contributed by atoms with E-state index in [9.17, 15) is 0 Å². The van der Waals surface area contributed by atoms with Crippen LogP contribution in [0.1, 0.15) is 5.56 Å². The van der Waals surface area contributed by atoms with E-state index < -0.39 is 0 Å². The molecule has 9 heteroatoms. The number of nitrogens with one attached hydrogen (secondary N) is 1. The van der Waals surface area contributed by atoms with Crippen molar-refractivity contribution in [1.82, 2.24) is 24.6 Å². The Hall–Kier alpha value is -4.53. The van der Waals surface area contributed by atoms with Crippen molar-refractivity contribution in [2.24, 2.45) is 5.10 Å². The van der Waals surface area contributed by atoms with Crippen LogP contribution >= 0.6 is 0 Å². The molecule has 0 radical (unpaired) electrons. The van der Waals surface area contributed by atoms with E-state index in [1.807, 2.05) is 66.7 Å². The summed E-state index contributed by atoms with van der Waals surface area (Å²) >= 11 is 0. The number of methoxy groups -OCH3 is 1. The van der Waals surface area contributed by atoms with Crippen LogP contribution in [-0.2, 0) is 0 Å². The molecule has 0 fully saturated rings. The quantitative estimate of drug-likeness (QED) is 0.334. The van der Waals surface area contributed by atoms with Gasteiger partial charge >= 0.3 is 6.01 Å². The van der Waals surface area contributed by atoms with Crippen molar-refractivity contribution in [2.75, 3.05) is 12.5 Å². The lowest BCUT2D eigenvalue weighted by atomic mass is 10.2. The van der Waals surface area contributed by atoms with Gasteiger partial charge in [0.05, 0.1) is 18.7 Å². The average Bonchev–Trinajstić information content (AvgIpc) is 3.22. The highest BCUT2D eigenvalue weighted by molar-refractivity contribution is 5.89. The van der Waals surface area contributed by atoms with Crippen LogP contribution in [0.3, 0.4) is 0 Å². The minimum atomic E-state index is 0.181. The smallest absolute Gasteiger partial charge is 0.343 e. The molecule has 2 aromatic carbocycles. The van der Waals surface area contributed by atoms with Gasteiger partial charge in [0.1, 0.15) is 11.5 Å². The minimum Gasteiger partial charge on any atom is -0.496 e. The van der Waals surface area contributed by atoms with Crippen molar-refractivity contribution in [1.29, 1.82) is 0 Å². The van der Waals surface area contributed by atoms with Gasteiger partial charge < -0.3 is 9.47 Å². The lowest BCUT2D eigenvalue weighted by Gasteiger charge is -2.06. The summed E-state index contributed by atoms with van der Waals surface area (Å²) in [5.74, 6) is 2.20. The number of fused-ring (bicyclic) bond motifs is 3. The summed E-state index contributed by atoms with van der Waals surface area (Å²) in [6.45, 7) is 0. The fourth-order valence-electron chi connectivity index (χ4n) is 3.07. The summed E-state index contributed by atoms with van der Waals surface area (Å²) in [4.78, 5) is 13.4. The molecule has 5 rings (SSSR count). The minimum absolute atomic E-state index is 0.181. The van der Waals surface area contributed by atoms with Crippen LogP contribution in [-0.4, -0.2) is 37.9 Å². The number of aromatic nitrogens is 5. The molecule has 0 aliphatic heterocycles. The molecule has 152 valence electrons. The maximum atomic E-state index is 5.74. The molecule has 0 aliphatic carbocycles. The number of ether oxygens (including phenoxy) is 2. The second-order valence-corrected chi connectivity index (χ2v) is 6.47. The van der Waals surface area contributed by atoms with Gasteiger partial charge in [-0.1, -0.05) is 30.3 Å². The van der Waals surface area contributed by atoms with Gasteiger partial charge in [0.15, 0.2) is 11.5 Å². The number of benzene rings is 2. The van der Waals surface area contributed by atoms with Crippen LogP contribution in [0.4, 0.5) is 5.82 Å². The standard InChI is InChI=1S/C22H17N7O2/c1-30-18-12-6-5-8-15(18)14-24-27-19-17-11-7-13-23-20(17)29-21(25-19)26-22(28-29)31-16-9-3-2-4-10-16/h2-14H,1H3,(H,25,26,27,28)/b24-14+. The molecule has 0 atom stereocenters. The van der Waals surface area contributed by atoms with E-state index in [0.29, 0.717) is 23.0 Å². The molecular formula is C22H17N7O2. The third-order valence-corrected chi connectivity index (χ3v) is 4.49. The van der Waals surface area contributed by atoms with Crippen LogP contribution in [0.15, 0.2) is 78.0 Å². The van der Waals surface area contributed by atoms with Gasteiger partial charge in [-0.25, -0.2) is 4.98 Å². The van der Waals surface area contributed by atoms with Gasteiger partial charge in [0, 0.05) is 11.8 Å². The zero-order chi connectivity index (χ0) is 21.0. The molecule has 5 aromatic rings. The van der Waals surface area contributed by atoms with E-state index in [4.69, 9.17) is 9.47 Å². The third kappa shape index (κ3) is 3.71. The van der Waals surface area contributed by atoms with Gasteiger partial charge in [-0.3, -0.25) is 5.43 Å². The lowest BCUT2D eigenvalue weighted by molar-refractivity contribution is 0.414. The largest absolute Gasteiger partial charge is 0.496 e. The molecule has 3 aromatic heterocycles. The predicted octanol–water partition coefficient (Wildman–Crippen LogP) is 3.92. The number of nitrogens with zero attached hydrogens (tertiary/aromatic N) is 6. The Morgan fingerprint density at radius 2 is 1.81 bits per heavy atom. The highest BCUT2D eigenvalue weighted by Gasteiger charge is 2.14. The SMILES string of the molecule is COc1ccccc1/C=N/Nc1nc2nc(Oc3ccccc3)nn2c2ncccc12. The first-order chi connectivity index (χ1) is 15.3. The fraction of sp³-hybridized carbons (Fsp3) is 0.0455. The van der Waals surface area contributed by atoms with E-state index in [0.717, 1.165) is 16.7 Å². The van der Waals surface area contributed by atoms with Crippen molar-refractivity contribution < 1.29 is 9.47 Å². The van der Waals surface area contributed by atoms with Gasteiger partial charge in [-0.15, -0.1) is 5.10 Å². The zero-order valence-corrected chi connectivity index (χ0v) is 16.5. The Bertz CT molecular complexity index is 1380. The Morgan fingerprint density at radius 1 is 0.968 bits per heavy atom. The average molecular weight is 411 g/mol. The summed E-state index contributed by atoms with van der Waals surface area (Å²) < 4.78 is 12.6. The molecule has 0 aliphatic rings. The Morgan fingerprint density at radius 3 is 2.68 bits per heavy atom. The normalized spacial score (nSPS) is 11.3. The first-order valence-corrected chi connectivity index (χ1v) is 9.48. The molecule has 0 bridgehead atoms. The Labute approximate surface area is 177 Å².